The van der Waals surface area contributed by atoms with E-state index in [0.29, 0.717) is 5.92 Å². The minimum absolute atomic E-state index is 0.0667. The van der Waals surface area contributed by atoms with Gasteiger partial charge >= 0.3 is 6.03 Å². The van der Waals surface area contributed by atoms with E-state index in [1.165, 1.54) is 0 Å². The Hall–Kier alpha value is -0.730. The summed E-state index contributed by atoms with van der Waals surface area (Å²) in [7, 11) is 0. The largest absolute Gasteiger partial charge is 0.338 e. The molecule has 0 bridgehead atoms. The number of rotatable bonds is 4. The van der Waals surface area contributed by atoms with Crippen molar-refractivity contribution in [1.29, 1.82) is 0 Å². The molecule has 0 saturated carbocycles. The van der Waals surface area contributed by atoms with Crippen LogP contribution in [0.25, 0.3) is 0 Å². The van der Waals surface area contributed by atoms with E-state index in [4.69, 9.17) is 0 Å². The van der Waals surface area contributed by atoms with Gasteiger partial charge in [-0.15, -0.1) is 0 Å². The molecular formula is C13H28N2O. The first kappa shape index (κ1) is 15.3. The van der Waals surface area contributed by atoms with Gasteiger partial charge in [-0.05, 0) is 31.6 Å². The normalized spacial score (nSPS) is 12.8. The molecule has 2 N–H and O–H groups in total. The summed E-state index contributed by atoms with van der Waals surface area (Å²) in [5.41, 5.74) is 0.0497. The Morgan fingerprint density at radius 3 is 2.00 bits per heavy atom. The molecule has 3 nitrogen and oxygen atoms in total. The third-order valence-electron chi connectivity index (χ3n) is 2.10. The van der Waals surface area contributed by atoms with Gasteiger partial charge in [0.1, 0.15) is 0 Å². The quantitative estimate of drug-likeness (QED) is 0.762. The van der Waals surface area contributed by atoms with Crippen molar-refractivity contribution in [2.24, 2.45) is 11.3 Å². The molecule has 0 radical (unpaired) electrons. The van der Waals surface area contributed by atoms with Gasteiger partial charge in [0.05, 0.1) is 0 Å². The predicted octanol–water partition coefficient (Wildman–Crippen LogP) is 3.16. The molecule has 0 aliphatic rings. The minimum atomic E-state index is -0.167. The highest BCUT2D eigenvalue weighted by Crippen LogP contribution is 2.26. The fraction of sp³-hybridized carbons (Fsp3) is 0.923. The van der Waals surface area contributed by atoms with Crippen molar-refractivity contribution in [2.45, 2.75) is 60.4 Å². The van der Waals surface area contributed by atoms with Crippen molar-refractivity contribution >= 4 is 6.03 Å². The SMILES string of the molecule is CC(C)CNC(=O)NC(C)(C)CC(C)(C)C. The number of hydrogen-bond donors (Lipinski definition) is 2. The Morgan fingerprint density at radius 1 is 1.12 bits per heavy atom. The molecule has 3 heteroatoms. The monoisotopic (exact) mass is 228 g/mol. The molecule has 0 aromatic rings. The van der Waals surface area contributed by atoms with Crippen molar-refractivity contribution in [2.75, 3.05) is 6.54 Å². The van der Waals surface area contributed by atoms with Crippen molar-refractivity contribution < 1.29 is 4.79 Å². The molecule has 96 valence electrons. The van der Waals surface area contributed by atoms with E-state index in [9.17, 15) is 4.79 Å². The van der Waals surface area contributed by atoms with Gasteiger partial charge in [-0.2, -0.15) is 0 Å². The number of amides is 2. The maximum atomic E-state index is 11.6. The summed E-state index contributed by atoms with van der Waals surface area (Å²) >= 11 is 0. The maximum absolute atomic E-state index is 11.6. The lowest BCUT2D eigenvalue weighted by molar-refractivity contribution is 0.209. The summed E-state index contributed by atoms with van der Waals surface area (Å²) in [6.07, 6.45) is 0.953. The van der Waals surface area contributed by atoms with Crippen LogP contribution in [-0.4, -0.2) is 18.1 Å². The second-order valence-corrected chi connectivity index (χ2v) is 6.85. The van der Waals surface area contributed by atoms with Gasteiger partial charge < -0.3 is 10.6 Å². The molecule has 0 rings (SSSR count). The molecule has 0 aromatic carbocycles. The first-order valence-electron chi connectivity index (χ1n) is 6.08. The molecule has 0 unspecified atom stereocenters. The second-order valence-electron chi connectivity index (χ2n) is 6.85. The van der Waals surface area contributed by atoms with Crippen molar-refractivity contribution in [3.8, 4) is 0 Å². The standard InChI is InChI=1S/C13H28N2O/c1-10(2)8-14-11(16)15-13(6,7)9-12(3,4)5/h10H,8-9H2,1-7H3,(H2,14,15,16). The Morgan fingerprint density at radius 2 is 1.62 bits per heavy atom. The summed E-state index contributed by atoms with van der Waals surface area (Å²) < 4.78 is 0. The number of carbonyl (C=O) groups is 1. The van der Waals surface area contributed by atoms with Crippen LogP contribution >= 0.6 is 0 Å². The number of nitrogens with one attached hydrogen (secondary N) is 2. The number of carbonyl (C=O) groups excluding carboxylic acids is 1. The lowest BCUT2D eigenvalue weighted by atomic mass is 9.82. The van der Waals surface area contributed by atoms with E-state index >= 15 is 0 Å². The zero-order valence-electron chi connectivity index (χ0n) is 11.9. The Labute approximate surface area is 100 Å². The Balaban J connectivity index is 4.10. The van der Waals surface area contributed by atoms with Crippen molar-refractivity contribution in [3.63, 3.8) is 0 Å². The van der Waals surface area contributed by atoms with Crippen molar-refractivity contribution in [1.82, 2.24) is 10.6 Å². The fourth-order valence-electron chi connectivity index (χ4n) is 2.02. The van der Waals surface area contributed by atoms with E-state index in [1.54, 1.807) is 0 Å². The molecular weight excluding hydrogens is 200 g/mol. The second kappa shape index (κ2) is 5.55. The lowest BCUT2D eigenvalue weighted by Gasteiger charge is -2.33. The van der Waals surface area contributed by atoms with Crippen molar-refractivity contribution in [3.05, 3.63) is 0 Å². The first-order valence-corrected chi connectivity index (χ1v) is 6.08. The lowest BCUT2D eigenvalue weighted by Crippen LogP contribution is -2.50. The van der Waals surface area contributed by atoms with E-state index in [2.05, 4.69) is 59.1 Å². The molecule has 16 heavy (non-hydrogen) atoms. The van der Waals surface area contributed by atoms with E-state index in [1.807, 2.05) is 0 Å². The Kier molecular flexibility index (Phi) is 5.30. The van der Waals surface area contributed by atoms with E-state index < -0.39 is 0 Å². The average Bonchev–Trinajstić information content (AvgIpc) is 1.94. The zero-order valence-corrected chi connectivity index (χ0v) is 11.9. The molecule has 0 aromatic heterocycles. The van der Waals surface area contributed by atoms with Gasteiger partial charge in [-0.25, -0.2) is 4.79 Å². The van der Waals surface area contributed by atoms with Crippen LogP contribution in [0.3, 0.4) is 0 Å². The Bertz CT molecular complexity index is 227. The van der Waals surface area contributed by atoms with Gasteiger partial charge in [0, 0.05) is 12.1 Å². The third kappa shape index (κ3) is 8.57. The van der Waals surface area contributed by atoms with Gasteiger partial charge in [-0.1, -0.05) is 34.6 Å². The predicted molar refractivity (Wildman–Crippen MR) is 69.5 cm³/mol. The molecule has 0 saturated heterocycles. The summed E-state index contributed by atoms with van der Waals surface area (Å²) in [6.45, 7) is 15.6. The summed E-state index contributed by atoms with van der Waals surface area (Å²) in [5.74, 6) is 0.483. The van der Waals surface area contributed by atoms with Crippen LogP contribution in [0.1, 0.15) is 54.9 Å². The summed E-state index contributed by atoms with van der Waals surface area (Å²) in [5, 5.41) is 5.89. The van der Waals surface area contributed by atoms with Crippen LogP contribution in [0.4, 0.5) is 4.79 Å². The number of hydrogen-bond acceptors (Lipinski definition) is 1. The van der Waals surface area contributed by atoms with Gasteiger partial charge in [-0.3, -0.25) is 0 Å². The minimum Gasteiger partial charge on any atom is -0.338 e. The molecule has 0 fully saturated rings. The highest BCUT2D eigenvalue weighted by Gasteiger charge is 2.26. The smallest absolute Gasteiger partial charge is 0.315 e. The van der Waals surface area contributed by atoms with Crippen LogP contribution in [0, 0.1) is 11.3 Å². The van der Waals surface area contributed by atoms with E-state index in [0.717, 1.165) is 13.0 Å². The highest BCUT2D eigenvalue weighted by molar-refractivity contribution is 5.74. The number of urea groups is 1. The first-order chi connectivity index (χ1) is 7.02. The van der Waals surface area contributed by atoms with Crippen LogP contribution in [0.2, 0.25) is 0 Å². The molecule has 0 atom stereocenters. The van der Waals surface area contributed by atoms with Gasteiger partial charge in [0.25, 0.3) is 0 Å². The van der Waals surface area contributed by atoms with Crippen LogP contribution in [0.5, 0.6) is 0 Å². The zero-order chi connectivity index (χ0) is 13.0. The molecule has 0 spiro atoms. The summed E-state index contributed by atoms with van der Waals surface area (Å²) in [4.78, 5) is 11.6. The molecule has 0 aliphatic heterocycles. The van der Waals surface area contributed by atoms with Crippen LogP contribution in [-0.2, 0) is 0 Å². The maximum Gasteiger partial charge on any atom is 0.315 e. The van der Waals surface area contributed by atoms with Crippen LogP contribution < -0.4 is 10.6 Å². The third-order valence-corrected chi connectivity index (χ3v) is 2.10. The highest BCUT2D eigenvalue weighted by atomic mass is 16.2. The fourth-order valence-corrected chi connectivity index (χ4v) is 2.02. The molecule has 0 aliphatic carbocycles. The van der Waals surface area contributed by atoms with Crippen LogP contribution in [0.15, 0.2) is 0 Å². The molecule has 2 amide bonds. The summed E-state index contributed by atoms with van der Waals surface area (Å²) in [6, 6.07) is -0.0667. The average molecular weight is 228 g/mol. The van der Waals surface area contributed by atoms with Gasteiger partial charge in [0.2, 0.25) is 0 Å². The van der Waals surface area contributed by atoms with E-state index in [-0.39, 0.29) is 17.0 Å². The molecule has 0 heterocycles. The van der Waals surface area contributed by atoms with Gasteiger partial charge in [0.15, 0.2) is 0 Å². The topological polar surface area (TPSA) is 41.1 Å².